The van der Waals surface area contributed by atoms with Crippen LogP contribution in [-0.2, 0) is 19.2 Å². The molecule has 5 nitrogen and oxygen atoms in total. The third kappa shape index (κ3) is 2.16. The van der Waals surface area contributed by atoms with Crippen molar-refractivity contribution in [3.8, 4) is 0 Å². The van der Waals surface area contributed by atoms with E-state index in [1.54, 1.807) is 0 Å². The molecule has 3 heterocycles. The van der Waals surface area contributed by atoms with Crippen molar-refractivity contribution in [1.29, 1.82) is 0 Å². The first kappa shape index (κ1) is 21.4. The van der Waals surface area contributed by atoms with Gasteiger partial charge in [0.2, 0.25) is 0 Å². The van der Waals surface area contributed by atoms with Gasteiger partial charge in [-0.2, -0.15) is 5.06 Å². The van der Waals surface area contributed by atoms with Gasteiger partial charge >= 0.3 is 0 Å². The summed E-state index contributed by atoms with van der Waals surface area (Å²) in [6, 6.07) is 0. The van der Waals surface area contributed by atoms with Crippen molar-refractivity contribution >= 4 is 81.4 Å². The third-order valence-corrected chi connectivity index (χ3v) is 11.4. The molecule has 5 rings (SSSR count). The molecule has 0 unspecified atom stereocenters. The molecule has 3 aliphatic heterocycles. The van der Waals surface area contributed by atoms with Crippen molar-refractivity contribution in [1.82, 2.24) is 5.06 Å². The van der Waals surface area contributed by atoms with Crippen molar-refractivity contribution < 1.29 is 19.2 Å². The van der Waals surface area contributed by atoms with Crippen molar-refractivity contribution in [2.75, 3.05) is 6.61 Å². The summed E-state index contributed by atoms with van der Waals surface area (Å²) in [6.07, 6.45) is 1.29. The minimum atomic E-state index is -1.71. The number of hydroxylamine groups is 2. The fourth-order valence-electron chi connectivity index (χ4n) is 5.91. The molecule has 8 atom stereocenters. The van der Waals surface area contributed by atoms with Gasteiger partial charge in [-0.05, 0) is 6.42 Å². The molecule has 2 aliphatic carbocycles. The number of allylic oxidation sites excluding steroid dienone is 2. The first-order chi connectivity index (χ1) is 13.6. The highest BCUT2D eigenvalue weighted by Crippen LogP contribution is 2.81. The van der Waals surface area contributed by atoms with Crippen molar-refractivity contribution in [3.63, 3.8) is 0 Å². The number of halogens is 6. The molecule has 0 radical (unpaired) electrons. The van der Waals surface area contributed by atoms with Gasteiger partial charge in [-0.25, -0.2) is 0 Å². The number of amides is 2. The number of ether oxygens (including phenoxy) is 1. The van der Waals surface area contributed by atoms with Crippen LogP contribution in [0.4, 0.5) is 0 Å². The average Bonchev–Trinajstić information content (AvgIpc) is 3.37. The Morgan fingerprint density at radius 2 is 1.41 bits per heavy atom. The van der Waals surface area contributed by atoms with Gasteiger partial charge in [0.25, 0.3) is 11.8 Å². The lowest BCUT2D eigenvalue weighted by Gasteiger charge is -2.39. The van der Waals surface area contributed by atoms with Gasteiger partial charge < -0.3 is 4.74 Å². The van der Waals surface area contributed by atoms with Crippen molar-refractivity contribution in [3.05, 3.63) is 10.1 Å². The zero-order valence-electron chi connectivity index (χ0n) is 15.1. The number of fused-ring (bicyclic) bond motifs is 12. The SMILES string of the molecule is CCCCCON1C(=O)[C@@H]2[C@H]3O[C@@H]([C@@H]2C1=O)[C@H]1[C@@H]3[C@@]2(Cl)C(Cl)=C(Cl)[C@@]1(Cl)C2(Cl)Cl. The minimum Gasteiger partial charge on any atom is -0.373 e. The van der Waals surface area contributed by atoms with Crippen LogP contribution in [0.25, 0.3) is 0 Å². The molecule has 0 aromatic heterocycles. The van der Waals surface area contributed by atoms with E-state index in [-0.39, 0.29) is 10.1 Å². The van der Waals surface area contributed by atoms with Crippen LogP contribution in [0.3, 0.4) is 0 Å². The largest absolute Gasteiger partial charge is 0.373 e. The smallest absolute Gasteiger partial charge is 0.260 e. The van der Waals surface area contributed by atoms with Gasteiger partial charge in [-0.1, -0.05) is 66.2 Å². The average molecular weight is 524 g/mol. The Hall–Kier alpha value is 0.540. The Labute approximate surface area is 197 Å². The number of alkyl halides is 4. The highest BCUT2D eigenvalue weighted by Gasteiger charge is 2.90. The molecule has 160 valence electrons. The van der Waals surface area contributed by atoms with Crippen LogP contribution in [-0.4, -0.2) is 49.8 Å². The molecule has 4 fully saturated rings. The summed E-state index contributed by atoms with van der Waals surface area (Å²) in [5, 5.41) is 1.02. The summed E-state index contributed by atoms with van der Waals surface area (Å²) in [5.41, 5.74) is 0. The third-order valence-electron chi connectivity index (χ3n) is 7.11. The van der Waals surface area contributed by atoms with E-state index < -0.39 is 61.8 Å². The van der Waals surface area contributed by atoms with E-state index >= 15 is 0 Å². The summed E-state index contributed by atoms with van der Waals surface area (Å²) >= 11 is 40.0. The maximum atomic E-state index is 13.0. The number of hydrogen-bond acceptors (Lipinski definition) is 4. The molecule has 29 heavy (non-hydrogen) atoms. The first-order valence-corrected chi connectivity index (χ1v) is 11.8. The summed E-state index contributed by atoms with van der Waals surface area (Å²) < 4.78 is 4.37. The standard InChI is InChI=1S/C18H17Cl6NO4/c1-2-3-4-5-28-25-14(26)6-7(15(25)27)11-9-8(10(6)29-11)16(21)12(19)13(20)17(9,22)18(16,23)24/h6-11H,2-5H2,1H3/t6-,7+,8-,9+,10+,11-,16-,17-/m1/s1. The molecule has 1 saturated carbocycles. The van der Waals surface area contributed by atoms with Gasteiger partial charge in [0.05, 0.1) is 40.7 Å². The summed E-state index contributed by atoms with van der Waals surface area (Å²) in [7, 11) is 0. The van der Waals surface area contributed by atoms with Crippen LogP contribution in [0.1, 0.15) is 26.2 Å². The quantitative estimate of drug-likeness (QED) is 0.301. The lowest BCUT2D eigenvalue weighted by Crippen LogP contribution is -2.50. The Morgan fingerprint density at radius 1 is 0.931 bits per heavy atom. The highest BCUT2D eigenvalue weighted by atomic mass is 35.5. The second-order valence-corrected chi connectivity index (χ2v) is 11.6. The molecule has 0 N–H and O–H groups in total. The predicted octanol–water partition coefficient (Wildman–Crippen LogP) is 4.57. The van der Waals surface area contributed by atoms with Gasteiger partial charge in [0.15, 0.2) is 4.33 Å². The normalized spacial score (nSPS) is 48.9. The Morgan fingerprint density at radius 3 is 1.86 bits per heavy atom. The number of carbonyl (C=O) groups excluding carboxylic acids is 2. The van der Waals surface area contributed by atoms with E-state index in [0.717, 1.165) is 24.3 Å². The summed E-state index contributed by atoms with van der Waals surface area (Å²) in [5.74, 6) is -3.46. The zero-order valence-corrected chi connectivity index (χ0v) is 19.7. The second kappa shape index (κ2) is 6.54. The molecular weight excluding hydrogens is 507 g/mol. The highest BCUT2D eigenvalue weighted by molar-refractivity contribution is 6.65. The molecule has 2 amide bonds. The molecule has 0 spiro atoms. The topological polar surface area (TPSA) is 55.8 Å². The number of carbonyl (C=O) groups is 2. The molecule has 4 bridgehead atoms. The predicted molar refractivity (Wildman–Crippen MR) is 110 cm³/mol. The maximum Gasteiger partial charge on any atom is 0.260 e. The fourth-order valence-corrected chi connectivity index (χ4v) is 8.97. The van der Waals surface area contributed by atoms with Crippen LogP contribution in [0.5, 0.6) is 0 Å². The summed E-state index contributed by atoms with van der Waals surface area (Å²) in [4.78, 5) is 28.5. The van der Waals surface area contributed by atoms with Crippen LogP contribution in [0.2, 0.25) is 0 Å². The Kier molecular flexibility index (Phi) is 4.82. The molecule has 0 aromatic carbocycles. The molecule has 3 saturated heterocycles. The second-order valence-electron chi connectivity index (χ2n) is 8.31. The lowest BCUT2D eigenvalue weighted by atomic mass is 9.65. The lowest BCUT2D eigenvalue weighted by molar-refractivity contribution is -0.192. The van der Waals surface area contributed by atoms with E-state index in [1.807, 2.05) is 0 Å². The monoisotopic (exact) mass is 521 g/mol. The number of nitrogens with zero attached hydrogens (tertiary/aromatic N) is 1. The van der Waals surface area contributed by atoms with E-state index in [0.29, 0.717) is 6.61 Å². The van der Waals surface area contributed by atoms with Gasteiger partial charge in [0, 0.05) is 11.8 Å². The number of unbranched alkanes of at least 4 members (excludes halogenated alkanes) is 2. The molecular formula is C18H17Cl6NO4. The van der Waals surface area contributed by atoms with Crippen LogP contribution >= 0.6 is 69.6 Å². The Bertz CT molecular complexity index is 792. The van der Waals surface area contributed by atoms with Crippen molar-refractivity contribution in [2.24, 2.45) is 23.7 Å². The maximum absolute atomic E-state index is 13.0. The van der Waals surface area contributed by atoms with Gasteiger partial charge in [-0.3, -0.25) is 14.4 Å². The zero-order chi connectivity index (χ0) is 21.1. The van der Waals surface area contributed by atoms with E-state index in [9.17, 15) is 9.59 Å². The summed E-state index contributed by atoms with van der Waals surface area (Å²) in [6.45, 7) is 2.35. The molecule has 5 aliphatic rings. The van der Waals surface area contributed by atoms with E-state index in [1.165, 1.54) is 0 Å². The van der Waals surface area contributed by atoms with Crippen LogP contribution in [0, 0.1) is 23.7 Å². The molecule has 11 heteroatoms. The minimum absolute atomic E-state index is 0.0687. The molecule has 0 aromatic rings. The van der Waals surface area contributed by atoms with Crippen molar-refractivity contribution in [2.45, 2.75) is 52.5 Å². The van der Waals surface area contributed by atoms with Gasteiger partial charge in [-0.15, -0.1) is 23.2 Å². The number of imide groups is 1. The number of hydrogen-bond donors (Lipinski definition) is 0. The van der Waals surface area contributed by atoms with E-state index in [2.05, 4.69) is 6.92 Å². The van der Waals surface area contributed by atoms with E-state index in [4.69, 9.17) is 79.2 Å². The first-order valence-electron chi connectivity index (χ1n) is 9.54. The van der Waals surface area contributed by atoms with Gasteiger partial charge in [0.1, 0.15) is 9.75 Å². The van der Waals surface area contributed by atoms with Crippen LogP contribution < -0.4 is 0 Å². The van der Waals surface area contributed by atoms with Crippen LogP contribution in [0.15, 0.2) is 10.1 Å². The Balaban J connectivity index is 1.50. The fraction of sp³-hybridized carbons (Fsp3) is 0.778. The number of rotatable bonds is 5.